The van der Waals surface area contributed by atoms with Crippen molar-refractivity contribution in [3.8, 4) is 11.5 Å². The molecule has 0 aliphatic rings. The molecule has 0 unspecified atom stereocenters. The van der Waals surface area contributed by atoms with Crippen LogP contribution in [0.4, 0.5) is 0 Å². The fraction of sp³-hybridized carbons (Fsp3) is 0.222. The van der Waals surface area contributed by atoms with Crippen LogP contribution in [0.3, 0.4) is 0 Å². The van der Waals surface area contributed by atoms with Crippen LogP contribution in [0.25, 0.3) is 0 Å². The van der Waals surface area contributed by atoms with Crippen LogP contribution in [0.2, 0.25) is 10.0 Å². The quantitative estimate of drug-likeness (QED) is 0.706. The lowest BCUT2D eigenvalue weighted by Crippen LogP contribution is -2.03. The van der Waals surface area contributed by atoms with E-state index in [2.05, 4.69) is 0 Å². The first-order chi connectivity index (χ1) is 6.91. The zero-order valence-electron chi connectivity index (χ0n) is 7.71. The third-order valence-electron chi connectivity index (χ3n) is 2.00. The molecule has 3 N–H and O–H groups in total. The summed E-state index contributed by atoms with van der Waals surface area (Å²) in [6.45, 7) is 1.67. The van der Waals surface area contributed by atoms with Crippen molar-refractivity contribution in [2.75, 3.05) is 0 Å². The number of halogens is 2. The molecule has 0 saturated carbocycles. The van der Waals surface area contributed by atoms with Crippen LogP contribution >= 0.6 is 23.2 Å². The normalized spacial score (nSPS) is 10.3. The fourth-order valence-corrected chi connectivity index (χ4v) is 1.79. The summed E-state index contributed by atoms with van der Waals surface area (Å²) in [6.07, 6.45) is 0.286. The lowest BCUT2D eigenvalue weighted by Gasteiger charge is -2.11. The van der Waals surface area contributed by atoms with Gasteiger partial charge in [-0.3, -0.25) is 0 Å². The maximum absolute atomic E-state index is 10.8. The van der Waals surface area contributed by atoms with Crippen molar-refractivity contribution >= 4 is 29.2 Å². The molecule has 0 radical (unpaired) electrons. The van der Waals surface area contributed by atoms with Gasteiger partial charge in [-0.25, -0.2) is 4.79 Å². The van der Waals surface area contributed by atoms with Gasteiger partial charge in [0.2, 0.25) is 0 Å². The van der Waals surface area contributed by atoms with E-state index in [0.29, 0.717) is 0 Å². The van der Waals surface area contributed by atoms with Crippen molar-refractivity contribution in [2.45, 2.75) is 13.3 Å². The third kappa shape index (κ3) is 1.82. The first-order valence-corrected chi connectivity index (χ1v) is 4.82. The summed E-state index contributed by atoms with van der Waals surface area (Å²) >= 11 is 11.4. The van der Waals surface area contributed by atoms with Gasteiger partial charge in [0.1, 0.15) is 10.6 Å². The third-order valence-corrected chi connectivity index (χ3v) is 2.88. The Balaban J connectivity index is 3.70. The Hall–Kier alpha value is -1.13. The molecule has 0 aliphatic carbocycles. The molecule has 0 saturated heterocycles. The summed E-state index contributed by atoms with van der Waals surface area (Å²) in [6, 6.07) is 0. The molecular formula is C9H8Cl2O4. The average Bonchev–Trinajstić information content (AvgIpc) is 2.19. The highest BCUT2D eigenvalue weighted by atomic mass is 35.5. The number of carboxylic acid groups (broad SMARTS) is 1. The van der Waals surface area contributed by atoms with Crippen molar-refractivity contribution in [3.05, 3.63) is 21.2 Å². The zero-order chi connectivity index (χ0) is 11.7. The van der Waals surface area contributed by atoms with Crippen LogP contribution in [0, 0.1) is 0 Å². The van der Waals surface area contributed by atoms with Gasteiger partial charge in [-0.15, -0.1) is 0 Å². The van der Waals surface area contributed by atoms with E-state index in [4.69, 9.17) is 28.3 Å². The van der Waals surface area contributed by atoms with Crippen LogP contribution in [-0.2, 0) is 6.42 Å². The zero-order valence-corrected chi connectivity index (χ0v) is 9.22. The molecule has 0 spiro atoms. The van der Waals surface area contributed by atoms with Crippen molar-refractivity contribution in [1.82, 2.24) is 0 Å². The number of carboxylic acids is 1. The number of phenols is 2. The van der Waals surface area contributed by atoms with Crippen LogP contribution in [-0.4, -0.2) is 21.3 Å². The largest absolute Gasteiger partial charge is 0.504 e. The first kappa shape index (κ1) is 11.9. The molecule has 0 aromatic heterocycles. The Morgan fingerprint density at radius 2 is 1.73 bits per heavy atom. The molecule has 1 rings (SSSR count). The molecule has 0 aliphatic heterocycles. The second-order valence-corrected chi connectivity index (χ2v) is 3.59. The van der Waals surface area contributed by atoms with Crippen molar-refractivity contribution in [2.24, 2.45) is 0 Å². The van der Waals surface area contributed by atoms with Gasteiger partial charge in [0, 0.05) is 0 Å². The van der Waals surface area contributed by atoms with E-state index in [1.165, 1.54) is 0 Å². The number of aromatic hydroxyl groups is 2. The monoisotopic (exact) mass is 250 g/mol. The lowest BCUT2D eigenvalue weighted by molar-refractivity contribution is 0.0691. The molecule has 6 heteroatoms. The number of benzene rings is 1. The van der Waals surface area contributed by atoms with E-state index >= 15 is 0 Å². The molecule has 82 valence electrons. The van der Waals surface area contributed by atoms with Gasteiger partial charge in [0.25, 0.3) is 0 Å². The van der Waals surface area contributed by atoms with E-state index in [9.17, 15) is 15.0 Å². The van der Waals surface area contributed by atoms with E-state index in [-0.39, 0.29) is 22.0 Å². The Morgan fingerprint density at radius 3 is 2.13 bits per heavy atom. The second-order valence-electron chi connectivity index (χ2n) is 2.84. The van der Waals surface area contributed by atoms with Crippen LogP contribution in [0.5, 0.6) is 11.5 Å². The van der Waals surface area contributed by atoms with Gasteiger partial charge in [0.15, 0.2) is 11.5 Å². The second kappa shape index (κ2) is 4.16. The molecule has 4 nitrogen and oxygen atoms in total. The van der Waals surface area contributed by atoms with E-state index in [0.717, 1.165) is 0 Å². The molecule has 15 heavy (non-hydrogen) atoms. The lowest BCUT2D eigenvalue weighted by atomic mass is 10.0. The summed E-state index contributed by atoms with van der Waals surface area (Å²) < 4.78 is 0. The molecule has 0 bridgehead atoms. The Kier molecular flexibility index (Phi) is 3.31. The molecule has 0 heterocycles. The Morgan fingerprint density at radius 1 is 1.20 bits per heavy atom. The van der Waals surface area contributed by atoms with Crippen LogP contribution in [0.1, 0.15) is 22.8 Å². The maximum atomic E-state index is 10.8. The van der Waals surface area contributed by atoms with Gasteiger partial charge in [-0.05, 0) is 12.0 Å². The minimum Gasteiger partial charge on any atom is -0.504 e. The van der Waals surface area contributed by atoms with E-state index in [1.54, 1.807) is 6.92 Å². The van der Waals surface area contributed by atoms with Crippen LogP contribution in [0.15, 0.2) is 0 Å². The summed E-state index contributed by atoms with van der Waals surface area (Å²) in [5.74, 6) is -2.83. The summed E-state index contributed by atoms with van der Waals surface area (Å²) in [7, 11) is 0. The SMILES string of the molecule is CCc1c(Cl)c(Cl)c(O)c(O)c1C(=O)O. The molecular weight excluding hydrogens is 243 g/mol. The number of phenolic OH excluding ortho intramolecular Hbond substituents is 1. The van der Waals surface area contributed by atoms with E-state index in [1.807, 2.05) is 0 Å². The Bertz CT molecular complexity index is 429. The van der Waals surface area contributed by atoms with Crippen molar-refractivity contribution in [1.29, 1.82) is 0 Å². The molecule has 1 aromatic carbocycles. The molecule has 1 aromatic rings. The summed E-state index contributed by atoms with van der Waals surface area (Å²) in [5.41, 5.74) is -0.214. The molecule has 0 fully saturated rings. The number of hydrogen-bond acceptors (Lipinski definition) is 3. The van der Waals surface area contributed by atoms with Crippen molar-refractivity contribution < 1.29 is 20.1 Å². The first-order valence-electron chi connectivity index (χ1n) is 4.06. The standard InChI is InChI=1S/C9H8Cl2O4/c1-2-3-4(9(14)15)7(12)8(13)6(11)5(3)10/h12-13H,2H2,1H3,(H,14,15). The summed E-state index contributed by atoms with van der Waals surface area (Å²) in [5, 5.41) is 27.3. The number of hydrogen-bond donors (Lipinski definition) is 3. The van der Waals surface area contributed by atoms with E-state index < -0.39 is 23.0 Å². The minimum absolute atomic E-state index is 0.0492. The van der Waals surface area contributed by atoms with Gasteiger partial charge in [-0.1, -0.05) is 30.1 Å². The maximum Gasteiger partial charge on any atom is 0.339 e. The summed E-state index contributed by atoms with van der Waals surface area (Å²) in [4.78, 5) is 10.8. The predicted molar refractivity (Wildman–Crippen MR) is 56.1 cm³/mol. The van der Waals surface area contributed by atoms with Crippen molar-refractivity contribution in [3.63, 3.8) is 0 Å². The van der Waals surface area contributed by atoms with Gasteiger partial charge >= 0.3 is 5.97 Å². The number of aromatic carboxylic acids is 1. The minimum atomic E-state index is -1.36. The fourth-order valence-electron chi connectivity index (χ4n) is 1.27. The highest BCUT2D eigenvalue weighted by Gasteiger charge is 2.24. The molecule has 0 amide bonds. The smallest absolute Gasteiger partial charge is 0.339 e. The average molecular weight is 251 g/mol. The predicted octanol–water partition coefficient (Wildman–Crippen LogP) is 2.67. The number of rotatable bonds is 2. The highest BCUT2D eigenvalue weighted by molar-refractivity contribution is 6.44. The van der Waals surface area contributed by atoms with Crippen LogP contribution < -0.4 is 0 Å². The van der Waals surface area contributed by atoms with Gasteiger partial charge in [0.05, 0.1) is 5.02 Å². The number of carbonyl (C=O) groups is 1. The topological polar surface area (TPSA) is 77.8 Å². The van der Waals surface area contributed by atoms with Gasteiger partial charge in [-0.2, -0.15) is 0 Å². The Labute approximate surface area is 95.7 Å². The van der Waals surface area contributed by atoms with Gasteiger partial charge < -0.3 is 15.3 Å². The highest BCUT2D eigenvalue weighted by Crippen LogP contribution is 2.44. The molecule has 0 atom stereocenters.